The van der Waals surface area contributed by atoms with Gasteiger partial charge in [-0.15, -0.1) is 0 Å². The molecule has 0 aliphatic rings. The molecular formula is C12H12N2O. The molecule has 3 nitrogen and oxygen atoms in total. The number of hydrogen-bond acceptors (Lipinski definition) is 2. The molecule has 3 heteroatoms. The highest BCUT2D eigenvalue weighted by molar-refractivity contribution is 5.86. The first-order valence-electron chi connectivity index (χ1n) is 4.76. The van der Waals surface area contributed by atoms with E-state index in [0.29, 0.717) is 0 Å². The van der Waals surface area contributed by atoms with E-state index in [2.05, 4.69) is 16.4 Å². The van der Waals surface area contributed by atoms with Gasteiger partial charge in [-0.1, -0.05) is 0 Å². The zero-order valence-corrected chi connectivity index (χ0v) is 8.45. The van der Waals surface area contributed by atoms with Crippen molar-refractivity contribution < 1.29 is 4.79 Å². The van der Waals surface area contributed by atoms with Crippen molar-refractivity contribution in [1.82, 2.24) is 4.98 Å². The fourth-order valence-electron chi connectivity index (χ4n) is 1.54. The maximum Gasteiger partial charge on any atom is 0.142 e. The molecule has 0 atom stereocenters. The number of anilines is 1. The molecule has 0 spiro atoms. The van der Waals surface area contributed by atoms with Crippen LogP contribution >= 0.6 is 0 Å². The van der Waals surface area contributed by atoms with Crippen molar-refractivity contribution in [2.45, 2.75) is 0 Å². The lowest BCUT2D eigenvalue weighted by Gasteiger charge is -1.97. The quantitative estimate of drug-likeness (QED) is 0.590. The first-order chi connectivity index (χ1) is 7.33. The van der Waals surface area contributed by atoms with E-state index in [4.69, 9.17) is 0 Å². The lowest BCUT2D eigenvalue weighted by Crippen LogP contribution is -1.85. The second-order valence-electron chi connectivity index (χ2n) is 3.27. The van der Waals surface area contributed by atoms with Crippen LogP contribution in [0.25, 0.3) is 17.0 Å². The van der Waals surface area contributed by atoms with Crippen molar-refractivity contribution in [3.63, 3.8) is 0 Å². The predicted octanol–water partition coefficient (Wildman–Crippen LogP) is 2.42. The van der Waals surface area contributed by atoms with Gasteiger partial charge in [0, 0.05) is 29.3 Å². The summed E-state index contributed by atoms with van der Waals surface area (Å²) in [5, 5.41) is 4.22. The molecule has 0 radical (unpaired) electrons. The first kappa shape index (κ1) is 9.52. The normalized spacial score (nSPS) is 11.0. The van der Waals surface area contributed by atoms with Gasteiger partial charge in [-0.2, -0.15) is 0 Å². The number of hydrogen-bond donors (Lipinski definition) is 2. The van der Waals surface area contributed by atoms with Crippen LogP contribution < -0.4 is 5.32 Å². The van der Waals surface area contributed by atoms with Crippen molar-refractivity contribution in [2.75, 3.05) is 12.4 Å². The van der Waals surface area contributed by atoms with E-state index in [-0.39, 0.29) is 0 Å². The van der Waals surface area contributed by atoms with Crippen molar-refractivity contribution in [3.05, 3.63) is 36.0 Å². The summed E-state index contributed by atoms with van der Waals surface area (Å²) in [6.07, 6.45) is 4.00. The third kappa shape index (κ3) is 1.91. The third-order valence-corrected chi connectivity index (χ3v) is 2.28. The minimum Gasteiger partial charge on any atom is -0.388 e. The second-order valence-corrected chi connectivity index (χ2v) is 3.27. The number of aldehydes is 1. The molecule has 0 amide bonds. The van der Waals surface area contributed by atoms with Gasteiger partial charge in [0.2, 0.25) is 0 Å². The van der Waals surface area contributed by atoms with E-state index in [9.17, 15) is 4.79 Å². The van der Waals surface area contributed by atoms with Crippen molar-refractivity contribution in [2.24, 2.45) is 0 Å². The molecular weight excluding hydrogens is 188 g/mol. The summed E-state index contributed by atoms with van der Waals surface area (Å²) in [6, 6.07) is 8.09. The number of benzene rings is 1. The smallest absolute Gasteiger partial charge is 0.142 e. The number of rotatable bonds is 3. The van der Waals surface area contributed by atoms with E-state index < -0.39 is 0 Å². The van der Waals surface area contributed by atoms with Crippen LogP contribution in [0.5, 0.6) is 0 Å². The summed E-state index contributed by atoms with van der Waals surface area (Å²) in [4.78, 5) is 13.4. The number of H-pyrrole nitrogens is 1. The Kier molecular flexibility index (Phi) is 2.54. The van der Waals surface area contributed by atoms with E-state index in [1.807, 2.05) is 25.2 Å². The number of nitrogens with one attached hydrogen (secondary N) is 2. The van der Waals surface area contributed by atoms with E-state index in [1.165, 1.54) is 6.08 Å². The van der Waals surface area contributed by atoms with Gasteiger partial charge < -0.3 is 10.3 Å². The summed E-state index contributed by atoms with van der Waals surface area (Å²) >= 11 is 0. The van der Waals surface area contributed by atoms with E-state index >= 15 is 0 Å². The topological polar surface area (TPSA) is 44.9 Å². The summed E-state index contributed by atoms with van der Waals surface area (Å²) in [5.74, 6) is 0. The van der Waals surface area contributed by atoms with Crippen LogP contribution in [0, 0.1) is 0 Å². The van der Waals surface area contributed by atoms with Crippen LogP contribution in [-0.4, -0.2) is 18.3 Å². The number of carbonyl (C=O) groups is 1. The summed E-state index contributed by atoms with van der Waals surface area (Å²) in [6.45, 7) is 0. The molecule has 1 heterocycles. The Morgan fingerprint density at radius 3 is 2.93 bits per heavy atom. The third-order valence-electron chi connectivity index (χ3n) is 2.28. The highest BCUT2D eigenvalue weighted by atomic mass is 16.1. The Morgan fingerprint density at radius 1 is 1.33 bits per heavy atom. The average Bonchev–Trinajstić information content (AvgIpc) is 2.67. The monoisotopic (exact) mass is 200 g/mol. The van der Waals surface area contributed by atoms with Gasteiger partial charge >= 0.3 is 0 Å². The maximum absolute atomic E-state index is 10.2. The SMILES string of the molecule is CNc1ccc2[nH]c(/C=C/C=O)cc2c1. The van der Waals surface area contributed by atoms with E-state index in [1.54, 1.807) is 6.08 Å². The minimum atomic E-state index is 0.768. The summed E-state index contributed by atoms with van der Waals surface area (Å²) in [5.41, 5.74) is 3.08. The molecule has 0 saturated heterocycles. The maximum atomic E-state index is 10.2. The van der Waals surface area contributed by atoms with E-state index in [0.717, 1.165) is 28.6 Å². The molecule has 0 saturated carbocycles. The molecule has 15 heavy (non-hydrogen) atoms. The van der Waals surface area contributed by atoms with Gasteiger partial charge in [0.05, 0.1) is 0 Å². The zero-order valence-electron chi connectivity index (χ0n) is 8.45. The number of aromatic amines is 1. The van der Waals surface area contributed by atoms with Crippen molar-refractivity contribution in [3.8, 4) is 0 Å². The minimum absolute atomic E-state index is 0.768. The van der Waals surface area contributed by atoms with Gasteiger partial charge in [0.25, 0.3) is 0 Å². The fourth-order valence-corrected chi connectivity index (χ4v) is 1.54. The Bertz CT molecular complexity index is 511. The molecule has 2 N–H and O–H groups in total. The van der Waals surface area contributed by atoms with Crippen LogP contribution in [0.15, 0.2) is 30.3 Å². The van der Waals surface area contributed by atoms with Crippen molar-refractivity contribution >= 4 is 29.0 Å². The Morgan fingerprint density at radius 2 is 2.20 bits per heavy atom. The van der Waals surface area contributed by atoms with Crippen LogP contribution in [0.1, 0.15) is 5.69 Å². The molecule has 0 bridgehead atoms. The summed E-state index contributed by atoms with van der Waals surface area (Å²) in [7, 11) is 1.89. The van der Waals surface area contributed by atoms with Gasteiger partial charge in [-0.25, -0.2) is 0 Å². The molecule has 0 unspecified atom stereocenters. The fraction of sp³-hybridized carbons (Fsp3) is 0.0833. The van der Waals surface area contributed by atoms with Gasteiger partial charge in [0.1, 0.15) is 6.29 Å². The van der Waals surface area contributed by atoms with Gasteiger partial charge in [-0.3, -0.25) is 4.79 Å². The highest BCUT2D eigenvalue weighted by Gasteiger charge is 1.98. The molecule has 1 aromatic carbocycles. The molecule has 2 aromatic rings. The van der Waals surface area contributed by atoms with Crippen LogP contribution in [-0.2, 0) is 4.79 Å². The second kappa shape index (κ2) is 4.00. The largest absolute Gasteiger partial charge is 0.388 e. The van der Waals surface area contributed by atoms with Gasteiger partial charge in [0.15, 0.2) is 0 Å². The van der Waals surface area contributed by atoms with Gasteiger partial charge in [-0.05, 0) is 36.4 Å². The number of aromatic nitrogens is 1. The van der Waals surface area contributed by atoms with Crippen LogP contribution in [0.2, 0.25) is 0 Å². The number of carbonyl (C=O) groups excluding carboxylic acids is 1. The zero-order chi connectivity index (χ0) is 10.7. The Balaban J connectivity index is 2.46. The molecule has 0 fully saturated rings. The Labute approximate surface area is 87.8 Å². The summed E-state index contributed by atoms with van der Waals surface area (Å²) < 4.78 is 0. The highest BCUT2D eigenvalue weighted by Crippen LogP contribution is 2.20. The van der Waals surface area contributed by atoms with Crippen LogP contribution in [0.4, 0.5) is 5.69 Å². The predicted molar refractivity (Wildman–Crippen MR) is 62.9 cm³/mol. The molecule has 0 aliphatic carbocycles. The van der Waals surface area contributed by atoms with Crippen molar-refractivity contribution in [1.29, 1.82) is 0 Å². The molecule has 1 aromatic heterocycles. The molecule has 76 valence electrons. The molecule has 0 aliphatic heterocycles. The first-order valence-corrected chi connectivity index (χ1v) is 4.76. The standard InChI is InChI=1S/C12H12N2O/c1-13-10-4-5-12-9(7-10)8-11(14-12)3-2-6-15/h2-8,13-14H,1H3/b3-2+. The number of fused-ring (bicyclic) bond motifs is 1. The Hall–Kier alpha value is -2.03. The molecule has 2 rings (SSSR count). The average molecular weight is 200 g/mol. The number of allylic oxidation sites excluding steroid dienone is 1. The lowest BCUT2D eigenvalue weighted by atomic mass is 10.2. The lowest BCUT2D eigenvalue weighted by molar-refractivity contribution is -0.104. The van der Waals surface area contributed by atoms with Crippen LogP contribution in [0.3, 0.4) is 0 Å².